The van der Waals surface area contributed by atoms with E-state index in [9.17, 15) is 0 Å². The Balaban J connectivity index is 2.52. The van der Waals surface area contributed by atoms with Gasteiger partial charge in [-0.1, -0.05) is 13.8 Å². The fourth-order valence-corrected chi connectivity index (χ4v) is 1.87. The monoisotopic (exact) mass is 224 g/mol. The number of rotatable bonds is 2. The fraction of sp³-hybridized carbons (Fsp3) is 0.300. The van der Waals surface area contributed by atoms with E-state index < -0.39 is 8.38 Å². The van der Waals surface area contributed by atoms with Crippen LogP contribution in [0.3, 0.4) is 0 Å². The summed E-state index contributed by atoms with van der Waals surface area (Å²) in [6.45, 7) is 4.12. The van der Waals surface area contributed by atoms with E-state index in [1.54, 1.807) is 18.2 Å². The maximum Gasteiger partial charge on any atom is 0.199 e. The third kappa shape index (κ3) is 2.02. The lowest BCUT2D eigenvalue weighted by atomic mass is 10.2. The van der Waals surface area contributed by atoms with Crippen LogP contribution in [-0.2, 0) is 0 Å². The van der Waals surface area contributed by atoms with Gasteiger partial charge in [-0.2, -0.15) is 0 Å². The molecule has 0 aliphatic heterocycles. The van der Waals surface area contributed by atoms with Crippen molar-refractivity contribution in [3.05, 3.63) is 24.0 Å². The summed E-state index contributed by atoms with van der Waals surface area (Å²) in [6, 6.07) is 5.23. The second-order valence-electron chi connectivity index (χ2n) is 3.77. The first-order valence-corrected chi connectivity index (χ1v) is 6.00. The van der Waals surface area contributed by atoms with E-state index in [1.165, 1.54) is 0 Å². The number of benzene rings is 1. The topological polar surface area (TPSA) is 69.1 Å². The van der Waals surface area contributed by atoms with Gasteiger partial charge in [0.1, 0.15) is 5.82 Å². The number of nitrogens with one attached hydrogen (secondary N) is 1. The van der Waals surface area contributed by atoms with Crippen molar-refractivity contribution in [2.45, 2.75) is 19.8 Å². The molecule has 0 aliphatic carbocycles. The molecule has 0 unspecified atom stereocenters. The van der Waals surface area contributed by atoms with Gasteiger partial charge >= 0.3 is 0 Å². The Labute approximate surface area is 88.9 Å². The van der Waals surface area contributed by atoms with Crippen LogP contribution < -0.4 is 5.30 Å². The van der Waals surface area contributed by atoms with Crippen molar-refractivity contribution in [1.29, 1.82) is 0 Å². The summed E-state index contributed by atoms with van der Waals surface area (Å²) in [7, 11) is -2.02. The number of imidazole rings is 1. The van der Waals surface area contributed by atoms with Gasteiger partial charge in [0.05, 0.1) is 11.0 Å². The average Bonchev–Trinajstić information content (AvgIpc) is 2.59. The van der Waals surface area contributed by atoms with Gasteiger partial charge in [-0.25, -0.2) is 4.98 Å². The van der Waals surface area contributed by atoms with Gasteiger partial charge in [0.25, 0.3) is 0 Å². The lowest BCUT2D eigenvalue weighted by Gasteiger charge is -2.00. The molecule has 3 N–H and O–H groups in total. The number of fused-ring (bicyclic) bond motifs is 1. The van der Waals surface area contributed by atoms with Crippen LogP contribution in [0.2, 0.25) is 0 Å². The lowest BCUT2D eigenvalue weighted by molar-refractivity contribution is 0.497. The summed E-state index contributed by atoms with van der Waals surface area (Å²) >= 11 is 0. The second kappa shape index (κ2) is 3.89. The molecule has 4 nitrogen and oxygen atoms in total. The minimum Gasteiger partial charge on any atom is -0.347 e. The number of nitrogens with zero attached hydrogens (tertiary/aromatic N) is 1. The molecule has 80 valence electrons. The molecule has 15 heavy (non-hydrogen) atoms. The largest absolute Gasteiger partial charge is 0.347 e. The summed E-state index contributed by atoms with van der Waals surface area (Å²) in [6.07, 6.45) is 0. The maximum absolute atomic E-state index is 9.09. The third-order valence-electron chi connectivity index (χ3n) is 2.26. The van der Waals surface area contributed by atoms with Gasteiger partial charge < -0.3 is 14.8 Å². The summed E-state index contributed by atoms with van der Waals surface area (Å²) < 4.78 is 0. The average molecular weight is 224 g/mol. The molecule has 0 amide bonds. The maximum atomic E-state index is 9.09. The summed E-state index contributed by atoms with van der Waals surface area (Å²) in [5, 5.41) is 0.538. The Hall–Kier alpha value is -0.960. The standard InChI is InChI=1S/C10H13N2O2P/c1-6(2)10-11-8-4-3-7(15(13)14)5-9(8)12-10/h3-6,13-14H,1-2H3,(H,11,12). The normalized spacial score (nSPS) is 11.9. The first-order valence-electron chi connectivity index (χ1n) is 4.75. The summed E-state index contributed by atoms with van der Waals surface area (Å²) in [5.74, 6) is 1.26. The minimum atomic E-state index is -2.02. The number of aromatic nitrogens is 2. The van der Waals surface area contributed by atoms with E-state index in [1.807, 2.05) is 0 Å². The highest BCUT2D eigenvalue weighted by molar-refractivity contribution is 7.54. The molecule has 0 fully saturated rings. The molecular formula is C10H13N2O2P. The molecule has 0 spiro atoms. The van der Waals surface area contributed by atoms with Crippen molar-refractivity contribution in [3.63, 3.8) is 0 Å². The predicted molar refractivity (Wildman–Crippen MR) is 61.2 cm³/mol. The Morgan fingerprint density at radius 2 is 2.07 bits per heavy atom. The van der Waals surface area contributed by atoms with E-state index in [0.29, 0.717) is 11.2 Å². The highest BCUT2D eigenvalue weighted by Crippen LogP contribution is 2.24. The highest BCUT2D eigenvalue weighted by Gasteiger charge is 2.09. The predicted octanol–water partition coefficient (Wildman–Crippen LogP) is 1.61. The molecule has 1 aromatic carbocycles. The van der Waals surface area contributed by atoms with Gasteiger partial charge in [-0.05, 0) is 18.2 Å². The second-order valence-corrected chi connectivity index (χ2v) is 4.86. The Bertz CT molecular complexity index is 473. The van der Waals surface area contributed by atoms with Crippen LogP contribution in [0.15, 0.2) is 18.2 Å². The highest BCUT2D eigenvalue weighted by atomic mass is 31.2. The number of hydrogen-bond donors (Lipinski definition) is 3. The Morgan fingerprint density at radius 1 is 1.33 bits per heavy atom. The van der Waals surface area contributed by atoms with Gasteiger partial charge in [0.15, 0.2) is 8.38 Å². The molecule has 1 heterocycles. The molecule has 0 aliphatic rings. The number of hydrogen-bond acceptors (Lipinski definition) is 3. The van der Waals surface area contributed by atoms with Crippen LogP contribution in [0.1, 0.15) is 25.6 Å². The quantitative estimate of drug-likeness (QED) is 0.679. The van der Waals surface area contributed by atoms with Crippen molar-refractivity contribution in [2.75, 3.05) is 0 Å². The molecule has 2 rings (SSSR count). The smallest absolute Gasteiger partial charge is 0.199 e. The number of aromatic amines is 1. The Kier molecular flexibility index (Phi) is 2.74. The Morgan fingerprint density at radius 3 is 2.67 bits per heavy atom. The van der Waals surface area contributed by atoms with Crippen LogP contribution in [0, 0.1) is 0 Å². The molecular weight excluding hydrogens is 211 g/mol. The van der Waals surface area contributed by atoms with E-state index in [-0.39, 0.29) is 0 Å². The number of H-pyrrole nitrogens is 1. The van der Waals surface area contributed by atoms with E-state index in [2.05, 4.69) is 23.8 Å². The van der Waals surface area contributed by atoms with Crippen LogP contribution in [0.4, 0.5) is 0 Å². The van der Waals surface area contributed by atoms with E-state index in [0.717, 1.165) is 16.9 Å². The fourth-order valence-electron chi connectivity index (χ4n) is 1.42. The lowest BCUT2D eigenvalue weighted by Crippen LogP contribution is -1.98. The van der Waals surface area contributed by atoms with Crippen molar-refractivity contribution in [1.82, 2.24) is 9.97 Å². The van der Waals surface area contributed by atoms with Crippen molar-refractivity contribution in [3.8, 4) is 0 Å². The summed E-state index contributed by atoms with van der Waals surface area (Å²) in [4.78, 5) is 25.7. The molecule has 1 aromatic heterocycles. The van der Waals surface area contributed by atoms with Gasteiger partial charge in [0.2, 0.25) is 0 Å². The van der Waals surface area contributed by atoms with Gasteiger partial charge in [0, 0.05) is 11.2 Å². The third-order valence-corrected chi connectivity index (χ3v) is 3.00. The van der Waals surface area contributed by atoms with Crippen LogP contribution >= 0.6 is 8.38 Å². The van der Waals surface area contributed by atoms with Gasteiger partial charge in [-0.15, -0.1) is 0 Å². The summed E-state index contributed by atoms with van der Waals surface area (Å²) in [5.41, 5.74) is 1.71. The van der Waals surface area contributed by atoms with Crippen molar-refractivity contribution >= 4 is 24.7 Å². The molecule has 0 atom stereocenters. The zero-order valence-electron chi connectivity index (χ0n) is 8.60. The molecule has 2 aromatic rings. The van der Waals surface area contributed by atoms with Crippen LogP contribution in [0.25, 0.3) is 11.0 Å². The zero-order valence-corrected chi connectivity index (χ0v) is 9.49. The van der Waals surface area contributed by atoms with Crippen LogP contribution in [-0.4, -0.2) is 19.8 Å². The molecule has 0 saturated carbocycles. The molecule has 0 saturated heterocycles. The molecule has 5 heteroatoms. The van der Waals surface area contributed by atoms with Crippen molar-refractivity contribution in [2.24, 2.45) is 0 Å². The zero-order chi connectivity index (χ0) is 11.0. The SMILES string of the molecule is CC(C)c1nc2ccc(P(O)O)cc2[nH]1. The minimum absolute atomic E-state index is 0.339. The van der Waals surface area contributed by atoms with Crippen LogP contribution in [0.5, 0.6) is 0 Å². The molecule has 0 bridgehead atoms. The van der Waals surface area contributed by atoms with E-state index in [4.69, 9.17) is 9.79 Å². The first-order chi connectivity index (χ1) is 7.08. The van der Waals surface area contributed by atoms with Gasteiger partial charge in [-0.3, -0.25) is 0 Å². The van der Waals surface area contributed by atoms with E-state index >= 15 is 0 Å². The molecule has 0 radical (unpaired) electrons. The van der Waals surface area contributed by atoms with Crippen molar-refractivity contribution < 1.29 is 9.79 Å². The first kappa shape index (κ1) is 10.6.